The molecule has 4 heteroatoms. The molecule has 0 N–H and O–H groups in total. The van der Waals surface area contributed by atoms with E-state index in [4.69, 9.17) is 9.47 Å². The molecule has 38 heavy (non-hydrogen) atoms. The second-order valence-electron chi connectivity index (χ2n) is 11.8. The van der Waals surface area contributed by atoms with E-state index in [1.165, 1.54) is 63.0 Å². The van der Waals surface area contributed by atoms with Gasteiger partial charge in [-0.25, -0.2) is 4.39 Å². The van der Waals surface area contributed by atoms with Crippen LogP contribution in [0.25, 0.3) is 11.1 Å². The minimum absolute atomic E-state index is 0.0417. The van der Waals surface area contributed by atoms with Gasteiger partial charge in [0, 0.05) is 11.5 Å². The van der Waals surface area contributed by atoms with Crippen molar-refractivity contribution in [2.75, 3.05) is 13.2 Å². The number of benzene rings is 2. The predicted molar refractivity (Wildman–Crippen MR) is 150 cm³/mol. The van der Waals surface area contributed by atoms with Gasteiger partial charge in [0.2, 0.25) is 5.82 Å². The lowest BCUT2D eigenvalue weighted by Gasteiger charge is -2.41. The molecule has 0 spiro atoms. The van der Waals surface area contributed by atoms with Crippen LogP contribution in [0.5, 0.6) is 5.75 Å². The lowest BCUT2D eigenvalue weighted by Crippen LogP contribution is -2.35. The van der Waals surface area contributed by atoms with Crippen LogP contribution in [0.1, 0.15) is 89.5 Å². The SMILES string of the molecule is C/C=C/C1CCC(C2CCC(C3CCC(c4ccc(-c5ccc(OCC)c(F)c5F)cc4)CO3)CC2)CC1. The van der Waals surface area contributed by atoms with E-state index in [2.05, 4.69) is 19.1 Å². The van der Waals surface area contributed by atoms with Gasteiger partial charge in [0.15, 0.2) is 11.6 Å². The maximum atomic E-state index is 14.6. The zero-order valence-corrected chi connectivity index (χ0v) is 23.1. The Bertz CT molecular complexity index is 1050. The zero-order chi connectivity index (χ0) is 26.5. The van der Waals surface area contributed by atoms with Gasteiger partial charge in [-0.15, -0.1) is 0 Å². The fourth-order valence-electron chi connectivity index (χ4n) is 7.43. The number of ether oxygens (including phenoxy) is 2. The first-order valence-corrected chi connectivity index (χ1v) is 15.0. The summed E-state index contributed by atoms with van der Waals surface area (Å²) in [6.45, 7) is 4.96. The van der Waals surface area contributed by atoms with E-state index in [1.807, 2.05) is 24.3 Å². The minimum atomic E-state index is -0.925. The third-order valence-corrected chi connectivity index (χ3v) is 9.64. The van der Waals surface area contributed by atoms with Crippen molar-refractivity contribution in [2.24, 2.45) is 23.7 Å². The molecule has 3 aliphatic rings. The molecule has 2 saturated carbocycles. The fraction of sp³-hybridized carbons (Fsp3) is 0.588. The smallest absolute Gasteiger partial charge is 0.201 e. The molecular weight excluding hydrogens is 478 g/mol. The lowest BCUT2D eigenvalue weighted by atomic mass is 9.68. The van der Waals surface area contributed by atoms with Crippen molar-refractivity contribution >= 4 is 0 Å². The van der Waals surface area contributed by atoms with Crippen LogP contribution in [-0.4, -0.2) is 19.3 Å². The Labute approximate surface area is 227 Å². The van der Waals surface area contributed by atoms with Gasteiger partial charge in [-0.1, -0.05) is 36.4 Å². The molecule has 2 aliphatic carbocycles. The molecule has 0 bridgehead atoms. The summed E-state index contributed by atoms with van der Waals surface area (Å²) in [6.07, 6.45) is 18.3. The Morgan fingerprint density at radius 1 is 0.789 bits per heavy atom. The first-order valence-electron chi connectivity index (χ1n) is 15.0. The molecule has 3 fully saturated rings. The van der Waals surface area contributed by atoms with E-state index < -0.39 is 11.6 Å². The summed E-state index contributed by atoms with van der Waals surface area (Å²) in [6, 6.07) is 11.0. The number of rotatable bonds is 7. The third-order valence-electron chi connectivity index (χ3n) is 9.64. The molecule has 2 aromatic carbocycles. The van der Waals surface area contributed by atoms with Gasteiger partial charge in [0.25, 0.3) is 0 Å². The van der Waals surface area contributed by atoms with Crippen LogP contribution in [-0.2, 0) is 4.74 Å². The molecule has 2 atom stereocenters. The second-order valence-corrected chi connectivity index (χ2v) is 11.8. The van der Waals surface area contributed by atoms with Crippen molar-refractivity contribution in [3.05, 3.63) is 65.7 Å². The summed E-state index contributed by atoms with van der Waals surface area (Å²) < 4.78 is 40.6. The topological polar surface area (TPSA) is 18.5 Å². The highest BCUT2D eigenvalue weighted by atomic mass is 19.2. The maximum absolute atomic E-state index is 14.6. The highest BCUT2D eigenvalue weighted by Gasteiger charge is 2.35. The minimum Gasteiger partial charge on any atom is -0.491 e. The maximum Gasteiger partial charge on any atom is 0.201 e. The van der Waals surface area contributed by atoms with Crippen molar-refractivity contribution in [2.45, 2.75) is 90.1 Å². The molecule has 206 valence electrons. The van der Waals surface area contributed by atoms with Gasteiger partial charge in [0.05, 0.1) is 19.3 Å². The molecule has 5 rings (SSSR count). The largest absolute Gasteiger partial charge is 0.491 e. The summed E-state index contributed by atoms with van der Waals surface area (Å²) in [7, 11) is 0. The summed E-state index contributed by atoms with van der Waals surface area (Å²) in [5, 5.41) is 0. The van der Waals surface area contributed by atoms with E-state index >= 15 is 0 Å². The van der Waals surface area contributed by atoms with Crippen LogP contribution in [0.4, 0.5) is 8.78 Å². The Hall–Kier alpha value is -2.20. The fourth-order valence-corrected chi connectivity index (χ4v) is 7.43. The van der Waals surface area contributed by atoms with Gasteiger partial charge >= 0.3 is 0 Å². The first-order chi connectivity index (χ1) is 18.6. The number of hydrogen-bond acceptors (Lipinski definition) is 2. The Kier molecular flexibility index (Phi) is 9.20. The normalized spacial score (nSPS) is 30.4. The molecule has 0 aromatic heterocycles. The first kappa shape index (κ1) is 27.4. The van der Waals surface area contributed by atoms with Gasteiger partial charge in [-0.3, -0.25) is 0 Å². The average molecular weight is 523 g/mol. The zero-order valence-electron chi connectivity index (χ0n) is 23.1. The van der Waals surface area contributed by atoms with Crippen LogP contribution in [0.2, 0.25) is 0 Å². The highest BCUT2D eigenvalue weighted by Crippen LogP contribution is 2.44. The Morgan fingerprint density at radius 3 is 2.05 bits per heavy atom. The van der Waals surface area contributed by atoms with Crippen molar-refractivity contribution in [1.82, 2.24) is 0 Å². The van der Waals surface area contributed by atoms with Gasteiger partial charge in [-0.05, 0) is 125 Å². The molecule has 0 amide bonds. The Balaban J connectivity index is 1.10. The summed E-state index contributed by atoms with van der Waals surface area (Å²) in [4.78, 5) is 0. The standard InChI is InChI=1S/C34H44F2O2/c1-3-5-23-6-8-24(9-7-23)25-12-16-28(17-13-25)31-20-18-29(22-38-31)26-10-14-27(15-11-26)30-19-21-32(37-4-2)34(36)33(30)35/h3,5,10-11,14-15,19,21,23-25,28-29,31H,4,6-9,12-13,16-18,20,22H2,1-2H3/b5-3+. The van der Waals surface area contributed by atoms with Crippen LogP contribution < -0.4 is 4.74 Å². The van der Waals surface area contributed by atoms with Crippen LogP contribution in [0.15, 0.2) is 48.6 Å². The molecule has 2 unspecified atom stereocenters. The summed E-state index contributed by atoms with van der Waals surface area (Å²) in [5.41, 5.74) is 2.16. The van der Waals surface area contributed by atoms with Gasteiger partial charge in [-0.2, -0.15) is 4.39 Å². The van der Waals surface area contributed by atoms with Gasteiger partial charge < -0.3 is 9.47 Å². The Morgan fingerprint density at radius 2 is 1.45 bits per heavy atom. The van der Waals surface area contributed by atoms with Crippen molar-refractivity contribution < 1.29 is 18.3 Å². The van der Waals surface area contributed by atoms with E-state index in [9.17, 15) is 8.78 Å². The van der Waals surface area contributed by atoms with Crippen molar-refractivity contribution in [3.8, 4) is 16.9 Å². The summed E-state index contributed by atoms with van der Waals surface area (Å²) in [5.74, 6) is 1.96. The molecule has 1 aliphatic heterocycles. The number of halogens is 2. The van der Waals surface area contributed by atoms with E-state index in [1.54, 1.807) is 13.0 Å². The summed E-state index contributed by atoms with van der Waals surface area (Å²) >= 11 is 0. The highest BCUT2D eigenvalue weighted by molar-refractivity contribution is 5.65. The van der Waals surface area contributed by atoms with Gasteiger partial charge in [0.1, 0.15) is 0 Å². The molecule has 2 nitrogen and oxygen atoms in total. The average Bonchev–Trinajstić information content (AvgIpc) is 2.97. The van der Waals surface area contributed by atoms with E-state index in [0.29, 0.717) is 30.1 Å². The predicted octanol–water partition coefficient (Wildman–Crippen LogP) is 9.48. The molecular formula is C34H44F2O2. The van der Waals surface area contributed by atoms with E-state index in [0.717, 1.165) is 37.2 Å². The van der Waals surface area contributed by atoms with Crippen molar-refractivity contribution in [1.29, 1.82) is 0 Å². The molecule has 2 aromatic rings. The number of allylic oxidation sites excluding steroid dienone is 2. The molecule has 1 heterocycles. The van der Waals surface area contributed by atoms with Crippen LogP contribution >= 0.6 is 0 Å². The van der Waals surface area contributed by atoms with E-state index in [-0.39, 0.29) is 11.3 Å². The molecule has 1 saturated heterocycles. The van der Waals surface area contributed by atoms with Crippen molar-refractivity contribution in [3.63, 3.8) is 0 Å². The van der Waals surface area contributed by atoms with Crippen LogP contribution in [0, 0.1) is 35.3 Å². The third kappa shape index (κ3) is 6.17. The number of hydrogen-bond donors (Lipinski definition) is 0. The molecule has 0 radical (unpaired) electrons. The monoisotopic (exact) mass is 522 g/mol. The van der Waals surface area contributed by atoms with Crippen LogP contribution in [0.3, 0.4) is 0 Å². The quantitative estimate of drug-likeness (QED) is 0.337. The lowest BCUT2D eigenvalue weighted by molar-refractivity contribution is -0.0462. The second kappa shape index (κ2) is 12.8.